The molecule has 0 aromatic heterocycles. The fourth-order valence-electron chi connectivity index (χ4n) is 3.90. The van der Waals surface area contributed by atoms with Crippen molar-refractivity contribution in [1.29, 1.82) is 0 Å². The van der Waals surface area contributed by atoms with Crippen LogP contribution in [-0.2, 0) is 9.59 Å². The number of Topliss-reactive ketones (excluding diaryl/α,β-unsaturated/α-hetero) is 1. The third-order valence-corrected chi connectivity index (χ3v) is 5.58. The molecule has 34 heavy (non-hydrogen) atoms. The van der Waals surface area contributed by atoms with E-state index in [4.69, 9.17) is 16.3 Å². The number of benzene rings is 3. The highest BCUT2D eigenvalue weighted by Gasteiger charge is 2.47. The van der Waals surface area contributed by atoms with Gasteiger partial charge in [0.1, 0.15) is 11.5 Å². The van der Waals surface area contributed by atoms with Crippen LogP contribution in [0.4, 0.5) is 11.4 Å². The minimum atomic E-state index is -1.02. The van der Waals surface area contributed by atoms with E-state index in [0.717, 1.165) is 6.07 Å². The van der Waals surface area contributed by atoms with Gasteiger partial charge in [-0.1, -0.05) is 41.9 Å². The zero-order chi connectivity index (χ0) is 24.4. The Morgan fingerprint density at radius 3 is 2.53 bits per heavy atom. The van der Waals surface area contributed by atoms with Gasteiger partial charge in [0, 0.05) is 28.4 Å². The van der Waals surface area contributed by atoms with E-state index in [9.17, 15) is 24.8 Å². The molecule has 4 rings (SSSR count). The molecule has 1 aliphatic rings. The zero-order valence-electron chi connectivity index (χ0n) is 18.0. The number of aliphatic hydroxyl groups is 1. The maximum atomic E-state index is 13.2. The minimum Gasteiger partial charge on any atom is -0.507 e. The summed E-state index contributed by atoms with van der Waals surface area (Å²) in [6.45, 7) is 2.23. The number of amides is 1. The van der Waals surface area contributed by atoms with Crippen LogP contribution < -0.4 is 9.64 Å². The Bertz CT molecular complexity index is 1340. The standard InChI is InChI=1S/C25H19ClN2O6/c1-2-34-20-11-4-6-15(13-20)22-21(23(29)16-7-3-10-19(12-16)28(32)33)24(30)25(31)27(22)18-9-5-8-17(26)14-18/h3-14,22,29H,2H2,1H3/b23-21-. The first-order valence-corrected chi connectivity index (χ1v) is 10.7. The topological polar surface area (TPSA) is 110 Å². The number of carbonyl (C=O) groups is 2. The van der Waals surface area contributed by atoms with Crippen LogP contribution in [0.1, 0.15) is 24.1 Å². The van der Waals surface area contributed by atoms with Crippen LogP contribution in [-0.4, -0.2) is 28.3 Å². The van der Waals surface area contributed by atoms with Crippen molar-refractivity contribution in [2.45, 2.75) is 13.0 Å². The molecule has 1 heterocycles. The van der Waals surface area contributed by atoms with E-state index in [2.05, 4.69) is 0 Å². The van der Waals surface area contributed by atoms with Gasteiger partial charge in [0.2, 0.25) is 0 Å². The SMILES string of the molecule is CCOc1cccc(C2/C(=C(/O)c3cccc([N+](=O)[O-])c3)C(=O)C(=O)N2c2cccc(Cl)c2)c1. The van der Waals surface area contributed by atoms with Crippen molar-refractivity contribution < 1.29 is 24.4 Å². The summed E-state index contributed by atoms with van der Waals surface area (Å²) in [6, 6.07) is 17.5. The summed E-state index contributed by atoms with van der Waals surface area (Å²) in [5, 5.41) is 22.7. The van der Waals surface area contributed by atoms with E-state index in [1.54, 1.807) is 48.5 Å². The second-order valence-corrected chi connectivity index (χ2v) is 7.90. The first-order valence-electron chi connectivity index (χ1n) is 10.4. The van der Waals surface area contributed by atoms with Crippen LogP contribution in [0, 0.1) is 10.1 Å². The van der Waals surface area contributed by atoms with Crippen LogP contribution >= 0.6 is 11.6 Å². The number of nitro groups is 1. The van der Waals surface area contributed by atoms with Gasteiger partial charge < -0.3 is 9.84 Å². The molecular weight excluding hydrogens is 460 g/mol. The quantitative estimate of drug-likeness (QED) is 0.170. The van der Waals surface area contributed by atoms with Crippen molar-refractivity contribution in [2.75, 3.05) is 11.5 Å². The molecule has 0 aliphatic carbocycles. The lowest BCUT2D eigenvalue weighted by atomic mass is 9.95. The fraction of sp³-hybridized carbons (Fsp3) is 0.120. The number of hydrogen-bond donors (Lipinski definition) is 1. The minimum absolute atomic E-state index is 0.0456. The van der Waals surface area contributed by atoms with Gasteiger partial charge in [-0.05, 0) is 42.8 Å². The molecule has 0 bridgehead atoms. The average molecular weight is 479 g/mol. The number of aliphatic hydroxyl groups excluding tert-OH is 1. The molecule has 0 saturated carbocycles. The summed E-state index contributed by atoms with van der Waals surface area (Å²) >= 11 is 6.14. The molecule has 1 fully saturated rings. The Balaban J connectivity index is 1.95. The lowest BCUT2D eigenvalue weighted by Gasteiger charge is -2.26. The smallest absolute Gasteiger partial charge is 0.300 e. The van der Waals surface area contributed by atoms with Gasteiger partial charge in [0.15, 0.2) is 0 Å². The second-order valence-electron chi connectivity index (χ2n) is 7.46. The Morgan fingerprint density at radius 2 is 1.82 bits per heavy atom. The molecule has 1 amide bonds. The number of rotatable bonds is 6. The highest BCUT2D eigenvalue weighted by molar-refractivity contribution is 6.51. The molecule has 1 atom stereocenters. The third-order valence-electron chi connectivity index (χ3n) is 5.35. The van der Waals surface area contributed by atoms with Gasteiger partial charge in [0.25, 0.3) is 17.4 Å². The van der Waals surface area contributed by atoms with E-state index >= 15 is 0 Å². The molecule has 1 saturated heterocycles. The molecule has 172 valence electrons. The molecule has 3 aromatic rings. The molecular formula is C25H19ClN2O6. The summed E-state index contributed by atoms with van der Waals surface area (Å²) in [7, 11) is 0. The Morgan fingerprint density at radius 1 is 1.09 bits per heavy atom. The normalized spacial score (nSPS) is 17.1. The average Bonchev–Trinajstić information content (AvgIpc) is 3.09. The Kier molecular flexibility index (Phi) is 6.34. The first kappa shape index (κ1) is 23.0. The highest BCUT2D eigenvalue weighted by atomic mass is 35.5. The molecule has 0 spiro atoms. The van der Waals surface area contributed by atoms with E-state index in [0.29, 0.717) is 28.6 Å². The number of nitro benzene ring substituents is 1. The van der Waals surface area contributed by atoms with E-state index in [1.807, 2.05) is 6.92 Å². The Labute approximate surface area is 199 Å². The van der Waals surface area contributed by atoms with Crippen molar-refractivity contribution in [3.05, 3.63) is 105 Å². The highest BCUT2D eigenvalue weighted by Crippen LogP contribution is 2.43. The van der Waals surface area contributed by atoms with Gasteiger partial charge in [0.05, 0.1) is 23.1 Å². The molecule has 1 unspecified atom stereocenters. The van der Waals surface area contributed by atoms with Crippen molar-refractivity contribution >= 4 is 40.4 Å². The van der Waals surface area contributed by atoms with Gasteiger partial charge >= 0.3 is 0 Å². The third kappa shape index (κ3) is 4.23. The van der Waals surface area contributed by atoms with Crippen molar-refractivity contribution in [3.8, 4) is 5.75 Å². The van der Waals surface area contributed by atoms with Gasteiger partial charge in [-0.3, -0.25) is 24.6 Å². The number of ketones is 1. The summed E-state index contributed by atoms with van der Waals surface area (Å²) < 4.78 is 5.58. The summed E-state index contributed by atoms with van der Waals surface area (Å²) in [5.74, 6) is -1.78. The number of nitrogens with zero attached hydrogens (tertiary/aromatic N) is 2. The first-order chi connectivity index (χ1) is 16.3. The maximum Gasteiger partial charge on any atom is 0.300 e. The van der Waals surface area contributed by atoms with Crippen LogP contribution in [0.2, 0.25) is 5.02 Å². The van der Waals surface area contributed by atoms with Crippen molar-refractivity contribution in [1.82, 2.24) is 0 Å². The molecule has 1 aliphatic heterocycles. The molecule has 8 nitrogen and oxygen atoms in total. The predicted molar refractivity (Wildman–Crippen MR) is 127 cm³/mol. The van der Waals surface area contributed by atoms with Gasteiger partial charge in [-0.2, -0.15) is 0 Å². The van der Waals surface area contributed by atoms with Crippen LogP contribution in [0.25, 0.3) is 5.76 Å². The predicted octanol–water partition coefficient (Wildman–Crippen LogP) is 5.27. The molecule has 3 aromatic carbocycles. The molecule has 9 heteroatoms. The Hall–Kier alpha value is -4.17. The number of anilines is 1. The number of halogens is 1. The van der Waals surface area contributed by atoms with Gasteiger partial charge in [-0.25, -0.2) is 0 Å². The van der Waals surface area contributed by atoms with Gasteiger partial charge in [-0.15, -0.1) is 0 Å². The summed E-state index contributed by atoms with van der Waals surface area (Å²) in [4.78, 5) is 38.2. The van der Waals surface area contributed by atoms with Crippen LogP contribution in [0.15, 0.2) is 78.4 Å². The second kappa shape index (κ2) is 9.36. The number of carbonyl (C=O) groups excluding carboxylic acids is 2. The molecule has 1 N–H and O–H groups in total. The van der Waals surface area contributed by atoms with E-state index < -0.39 is 28.4 Å². The summed E-state index contributed by atoms with van der Waals surface area (Å²) in [6.07, 6.45) is 0. The fourth-order valence-corrected chi connectivity index (χ4v) is 4.09. The van der Waals surface area contributed by atoms with Crippen LogP contribution in [0.3, 0.4) is 0 Å². The monoisotopic (exact) mass is 478 g/mol. The largest absolute Gasteiger partial charge is 0.507 e. The van der Waals surface area contributed by atoms with Crippen molar-refractivity contribution in [2.24, 2.45) is 0 Å². The maximum absolute atomic E-state index is 13.2. The number of ether oxygens (including phenoxy) is 1. The van der Waals surface area contributed by atoms with E-state index in [1.165, 1.54) is 23.1 Å². The lowest BCUT2D eigenvalue weighted by molar-refractivity contribution is -0.384. The molecule has 0 radical (unpaired) electrons. The van der Waals surface area contributed by atoms with E-state index in [-0.39, 0.29) is 16.8 Å². The lowest BCUT2D eigenvalue weighted by Crippen LogP contribution is -2.29. The van der Waals surface area contributed by atoms with Crippen molar-refractivity contribution in [3.63, 3.8) is 0 Å². The zero-order valence-corrected chi connectivity index (χ0v) is 18.7. The van der Waals surface area contributed by atoms with Crippen LogP contribution in [0.5, 0.6) is 5.75 Å². The number of non-ortho nitro benzene ring substituents is 1. The summed E-state index contributed by atoms with van der Waals surface area (Å²) in [5.41, 5.74) is 0.461. The number of hydrogen-bond acceptors (Lipinski definition) is 6.